The number of carbonyl (C=O) groups is 1. The summed E-state index contributed by atoms with van der Waals surface area (Å²) in [4.78, 5) is 10.7. The van der Waals surface area contributed by atoms with Crippen molar-refractivity contribution in [2.75, 3.05) is 6.61 Å². The fourth-order valence-electron chi connectivity index (χ4n) is 1.12. The van der Waals surface area contributed by atoms with Gasteiger partial charge in [-0.1, -0.05) is 0 Å². The molecular weight excluding hydrogens is 301 g/mol. The van der Waals surface area contributed by atoms with Crippen molar-refractivity contribution in [2.45, 2.75) is 6.04 Å². The summed E-state index contributed by atoms with van der Waals surface area (Å²) in [6.45, 7) is -0.372. The number of carboxylic acids is 1. The van der Waals surface area contributed by atoms with Crippen molar-refractivity contribution in [3.63, 3.8) is 0 Å². The number of phenols is 1. The summed E-state index contributed by atoms with van der Waals surface area (Å²) in [7, 11) is 0. The molecule has 1 atom stereocenters. The summed E-state index contributed by atoms with van der Waals surface area (Å²) in [5, 5.41) is 27.2. The quantitative estimate of drug-likeness (QED) is 0.673. The molecule has 0 spiro atoms. The van der Waals surface area contributed by atoms with Crippen LogP contribution in [0.5, 0.6) is 5.75 Å². The predicted molar refractivity (Wildman–Crippen MR) is 64.0 cm³/mol. The summed E-state index contributed by atoms with van der Waals surface area (Å²) in [5.41, 5.74) is 5.71. The zero-order valence-electron chi connectivity index (χ0n) is 8.05. The van der Waals surface area contributed by atoms with Crippen LogP contribution in [0.15, 0.2) is 16.6 Å². The van der Waals surface area contributed by atoms with Gasteiger partial charge in [-0.2, -0.15) is 0 Å². The van der Waals surface area contributed by atoms with Crippen LogP contribution in [0, 0.1) is 0 Å². The van der Waals surface area contributed by atoms with Gasteiger partial charge in [-0.05, 0) is 28.1 Å². The van der Waals surface area contributed by atoms with Gasteiger partial charge in [0.1, 0.15) is 5.75 Å². The van der Waals surface area contributed by atoms with Crippen LogP contribution in [0.25, 0.3) is 0 Å². The smallest absolute Gasteiger partial charge is 0.335 e. The number of carboxylic acid groups (broad SMARTS) is 1. The minimum Gasteiger partial charge on any atom is -0.506 e. The molecular formula is C9H11BrClNO4. The molecule has 0 heterocycles. The Hall–Kier alpha value is -0.820. The van der Waals surface area contributed by atoms with Crippen LogP contribution < -0.4 is 5.73 Å². The zero-order valence-corrected chi connectivity index (χ0v) is 10.5. The van der Waals surface area contributed by atoms with Gasteiger partial charge in [0.05, 0.1) is 22.7 Å². The van der Waals surface area contributed by atoms with Gasteiger partial charge in [0.25, 0.3) is 0 Å². The first-order valence-corrected chi connectivity index (χ1v) is 4.88. The number of hydrogen-bond donors (Lipinski definition) is 4. The van der Waals surface area contributed by atoms with E-state index in [1.165, 1.54) is 12.1 Å². The van der Waals surface area contributed by atoms with Crippen molar-refractivity contribution >= 4 is 34.3 Å². The van der Waals surface area contributed by atoms with E-state index >= 15 is 0 Å². The number of nitrogens with two attached hydrogens (primary N) is 1. The Labute approximate surface area is 106 Å². The van der Waals surface area contributed by atoms with Crippen LogP contribution in [0.3, 0.4) is 0 Å². The molecule has 1 aromatic rings. The number of aliphatic hydroxyl groups is 1. The molecule has 0 aliphatic heterocycles. The van der Waals surface area contributed by atoms with Crippen LogP contribution in [0.4, 0.5) is 0 Å². The first kappa shape index (κ1) is 15.2. The molecule has 1 rings (SSSR count). The van der Waals surface area contributed by atoms with E-state index in [0.717, 1.165) is 0 Å². The summed E-state index contributed by atoms with van der Waals surface area (Å²) >= 11 is 3.01. The lowest BCUT2D eigenvalue weighted by Crippen LogP contribution is -2.15. The van der Waals surface area contributed by atoms with Crippen LogP contribution in [0.1, 0.15) is 22.0 Å². The van der Waals surface area contributed by atoms with Gasteiger partial charge in [-0.15, -0.1) is 12.4 Å². The molecule has 0 saturated carbocycles. The minimum atomic E-state index is -1.12. The third kappa shape index (κ3) is 3.08. The van der Waals surface area contributed by atoms with E-state index in [4.69, 9.17) is 15.9 Å². The van der Waals surface area contributed by atoms with Crippen LogP contribution >= 0.6 is 28.3 Å². The molecule has 0 bridgehead atoms. The Balaban J connectivity index is 0.00000225. The SMILES string of the molecule is Cl.N[C@@H](CO)c1cc(C(=O)O)cc(Br)c1O. The molecule has 7 heteroatoms. The summed E-state index contributed by atoms with van der Waals surface area (Å²) in [5.74, 6) is -1.27. The molecule has 0 saturated heterocycles. The van der Waals surface area contributed by atoms with Crippen LogP contribution in [-0.2, 0) is 0 Å². The third-order valence-electron chi connectivity index (χ3n) is 1.94. The van der Waals surface area contributed by atoms with E-state index in [-0.39, 0.29) is 40.4 Å². The van der Waals surface area contributed by atoms with Crippen LogP contribution in [0.2, 0.25) is 0 Å². The molecule has 0 aromatic heterocycles. The molecule has 0 aliphatic carbocycles. The number of aliphatic hydroxyl groups excluding tert-OH is 1. The highest BCUT2D eigenvalue weighted by molar-refractivity contribution is 9.10. The van der Waals surface area contributed by atoms with Gasteiger partial charge < -0.3 is 21.1 Å². The van der Waals surface area contributed by atoms with Gasteiger partial charge in [0.15, 0.2) is 0 Å². The molecule has 0 radical (unpaired) electrons. The van der Waals surface area contributed by atoms with Crippen molar-refractivity contribution in [1.29, 1.82) is 0 Å². The Kier molecular flexibility index (Phi) is 5.74. The van der Waals surface area contributed by atoms with E-state index < -0.39 is 12.0 Å². The maximum atomic E-state index is 10.7. The molecule has 0 amide bonds. The summed E-state index contributed by atoms with van der Waals surface area (Å²) < 4.78 is 0.237. The summed E-state index contributed by atoms with van der Waals surface area (Å²) in [6, 6.07) is 1.70. The van der Waals surface area contributed by atoms with E-state index in [1.807, 2.05) is 0 Å². The molecule has 5 nitrogen and oxygen atoms in total. The van der Waals surface area contributed by atoms with Gasteiger partial charge in [-0.25, -0.2) is 4.79 Å². The van der Waals surface area contributed by atoms with Crippen LogP contribution in [-0.4, -0.2) is 27.9 Å². The Bertz CT molecular complexity index is 399. The standard InChI is InChI=1S/C9H10BrNO4.ClH/c10-6-2-4(9(14)15)1-5(8(6)13)7(11)3-12;/h1-2,7,12-13H,3,11H2,(H,14,15);1H/t7-;/m0./s1. The highest BCUT2D eigenvalue weighted by Gasteiger charge is 2.16. The molecule has 0 unspecified atom stereocenters. The van der Waals surface area contributed by atoms with E-state index in [0.29, 0.717) is 0 Å². The number of aromatic hydroxyl groups is 1. The normalized spacial score (nSPS) is 11.7. The molecule has 0 fully saturated rings. The van der Waals surface area contributed by atoms with E-state index in [1.54, 1.807) is 0 Å². The average Bonchev–Trinajstić information content (AvgIpc) is 2.20. The molecule has 0 aliphatic rings. The van der Waals surface area contributed by atoms with Gasteiger partial charge >= 0.3 is 5.97 Å². The lowest BCUT2D eigenvalue weighted by atomic mass is 10.0. The molecule has 90 valence electrons. The van der Waals surface area contributed by atoms with E-state index in [2.05, 4.69) is 15.9 Å². The Morgan fingerprint density at radius 2 is 2.06 bits per heavy atom. The fourth-order valence-corrected chi connectivity index (χ4v) is 1.60. The first-order valence-electron chi connectivity index (χ1n) is 4.09. The number of phenolic OH excluding ortho intramolecular Hbond substituents is 1. The highest BCUT2D eigenvalue weighted by atomic mass is 79.9. The van der Waals surface area contributed by atoms with Gasteiger partial charge in [0.2, 0.25) is 0 Å². The lowest BCUT2D eigenvalue weighted by molar-refractivity contribution is 0.0696. The van der Waals surface area contributed by atoms with Crippen molar-refractivity contribution < 1.29 is 20.1 Å². The average molecular weight is 313 g/mol. The maximum absolute atomic E-state index is 10.7. The molecule has 16 heavy (non-hydrogen) atoms. The first-order chi connectivity index (χ1) is 6.97. The second-order valence-electron chi connectivity index (χ2n) is 2.99. The minimum absolute atomic E-state index is 0. The molecule has 1 aromatic carbocycles. The largest absolute Gasteiger partial charge is 0.506 e. The zero-order chi connectivity index (χ0) is 11.6. The number of hydrogen-bond acceptors (Lipinski definition) is 4. The number of benzene rings is 1. The second-order valence-corrected chi connectivity index (χ2v) is 3.84. The predicted octanol–water partition coefficient (Wildman–Crippen LogP) is 1.27. The Morgan fingerprint density at radius 1 is 1.50 bits per heavy atom. The van der Waals surface area contributed by atoms with Gasteiger partial charge in [0, 0.05) is 5.56 Å². The maximum Gasteiger partial charge on any atom is 0.335 e. The monoisotopic (exact) mass is 311 g/mol. The summed E-state index contributed by atoms with van der Waals surface area (Å²) in [6.07, 6.45) is 0. The van der Waals surface area contributed by atoms with Crippen molar-refractivity contribution in [2.24, 2.45) is 5.73 Å². The second kappa shape index (κ2) is 6.05. The molecule has 5 N–H and O–H groups in total. The third-order valence-corrected chi connectivity index (χ3v) is 2.54. The van der Waals surface area contributed by atoms with Crippen molar-refractivity contribution in [3.8, 4) is 5.75 Å². The number of aromatic carboxylic acids is 1. The number of rotatable bonds is 3. The fraction of sp³-hybridized carbons (Fsp3) is 0.222. The van der Waals surface area contributed by atoms with Crippen molar-refractivity contribution in [3.05, 3.63) is 27.7 Å². The Morgan fingerprint density at radius 3 is 2.50 bits per heavy atom. The van der Waals surface area contributed by atoms with Crippen molar-refractivity contribution in [1.82, 2.24) is 0 Å². The highest BCUT2D eigenvalue weighted by Crippen LogP contribution is 2.32. The van der Waals surface area contributed by atoms with Gasteiger partial charge in [-0.3, -0.25) is 0 Å². The van der Waals surface area contributed by atoms with E-state index in [9.17, 15) is 9.90 Å². The topological polar surface area (TPSA) is 104 Å². The lowest BCUT2D eigenvalue weighted by Gasteiger charge is -2.12. The number of halogens is 2.